The Hall–Kier alpha value is -1.38. The zero-order chi connectivity index (χ0) is 10.8. The zero-order valence-corrected chi connectivity index (χ0v) is 7.66. The van der Waals surface area contributed by atoms with Gasteiger partial charge in [0.2, 0.25) is 5.69 Å². The second-order valence-electron chi connectivity index (χ2n) is 2.15. The third kappa shape index (κ3) is 2.31. The SMILES string of the molecule is CNC(=O)Nc1snnc1C(F)(F)F. The number of amides is 2. The van der Waals surface area contributed by atoms with E-state index in [4.69, 9.17) is 0 Å². The molecule has 5 nitrogen and oxygen atoms in total. The number of hydrogen-bond donors (Lipinski definition) is 2. The molecule has 0 aliphatic carbocycles. The van der Waals surface area contributed by atoms with Gasteiger partial charge < -0.3 is 5.32 Å². The molecule has 9 heteroatoms. The lowest BCUT2D eigenvalue weighted by Crippen LogP contribution is -2.25. The summed E-state index contributed by atoms with van der Waals surface area (Å²) in [7, 11) is 1.29. The van der Waals surface area contributed by atoms with E-state index in [0.29, 0.717) is 11.5 Å². The van der Waals surface area contributed by atoms with Crippen molar-refractivity contribution in [1.82, 2.24) is 14.9 Å². The van der Waals surface area contributed by atoms with E-state index in [2.05, 4.69) is 14.9 Å². The Balaban J connectivity index is 2.88. The molecule has 2 amide bonds. The fraction of sp³-hybridized carbons (Fsp3) is 0.400. The van der Waals surface area contributed by atoms with Crippen molar-refractivity contribution < 1.29 is 18.0 Å². The summed E-state index contributed by atoms with van der Waals surface area (Å²) < 4.78 is 39.6. The number of nitrogens with one attached hydrogen (secondary N) is 2. The van der Waals surface area contributed by atoms with Crippen LogP contribution >= 0.6 is 11.5 Å². The van der Waals surface area contributed by atoms with Crippen molar-refractivity contribution in [3.63, 3.8) is 0 Å². The van der Waals surface area contributed by atoms with Crippen LogP contribution in [0, 0.1) is 0 Å². The largest absolute Gasteiger partial charge is 0.438 e. The lowest BCUT2D eigenvalue weighted by molar-refractivity contribution is -0.140. The van der Waals surface area contributed by atoms with Crippen molar-refractivity contribution in [2.24, 2.45) is 0 Å². The van der Waals surface area contributed by atoms with Gasteiger partial charge in [-0.1, -0.05) is 4.49 Å². The second kappa shape index (κ2) is 3.78. The molecule has 0 aromatic carbocycles. The molecule has 0 aliphatic heterocycles. The van der Waals surface area contributed by atoms with Gasteiger partial charge in [-0.15, -0.1) is 5.10 Å². The molecule has 14 heavy (non-hydrogen) atoms. The van der Waals surface area contributed by atoms with Gasteiger partial charge in [0.05, 0.1) is 0 Å². The van der Waals surface area contributed by atoms with Crippen LogP contribution in [0.25, 0.3) is 0 Å². The number of nitrogens with zero attached hydrogens (tertiary/aromatic N) is 2. The highest BCUT2D eigenvalue weighted by Gasteiger charge is 2.38. The molecule has 0 unspecified atom stereocenters. The second-order valence-corrected chi connectivity index (χ2v) is 2.91. The summed E-state index contributed by atoms with van der Waals surface area (Å²) in [6, 6.07) is -0.749. The van der Waals surface area contributed by atoms with Crippen LogP contribution < -0.4 is 10.6 Å². The van der Waals surface area contributed by atoms with Gasteiger partial charge in [-0.05, 0) is 0 Å². The fourth-order valence-corrected chi connectivity index (χ4v) is 1.21. The molecule has 0 aliphatic rings. The Labute approximate surface area is 80.5 Å². The van der Waals surface area contributed by atoms with E-state index < -0.39 is 22.9 Å². The lowest BCUT2D eigenvalue weighted by Gasteiger charge is -2.05. The number of hydrogen-bond acceptors (Lipinski definition) is 4. The number of anilines is 1. The number of rotatable bonds is 1. The normalized spacial score (nSPS) is 11.1. The summed E-state index contributed by atoms with van der Waals surface area (Å²) in [4.78, 5) is 10.7. The van der Waals surface area contributed by atoms with Gasteiger partial charge in [-0.25, -0.2) is 4.79 Å². The monoisotopic (exact) mass is 226 g/mol. The molecule has 0 saturated heterocycles. The van der Waals surface area contributed by atoms with Crippen molar-refractivity contribution in [3.8, 4) is 0 Å². The maximum absolute atomic E-state index is 12.2. The lowest BCUT2D eigenvalue weighted by atomic mass is 10.4. The van der Waals surface area contributed by atoms with Crippen molar-refractivity contribution in [3.05, 3.63) is 5.69 Å². The van der Waals surface area contributed by atoms with Crippen LogP contribution in [0.2, 0.25) is 0 Å². The first-order valence-electron chi connectivity index (χ1n) is 3.33. The van der Waals surface area contributed by atoms with Crippen LogP contribution in [-0.2, 0) is 6.18 Å². The van der Waals surface area contributed by atoms with E-state index in [-0.39, 0.29) is 0 Å². The van der Waals surface area contributed by atoms with Gasteiger partial charge >= 0.3 is 12.2 Å². The molecular weight excluding hydrogens is 221 g/mol. The molecular formula is C5H5F3N4OS. The molecule has 0 atom stereocenters. The first kappa shape index (κ1) is 10.7. The van der Waals surface area contributed by atoms with Crippen LogP contribution in [0.4, 0.5) is 23.0 Å². The van der Waals surface area contributed by atoms with Gasteiger partial charge in [-0.3, -0.25) is 5.32 Å². The van der Waals surface area contributed by atoms with Crippen molar-refractivity contribution in [2.45, 2.75) is 6.18 Å². The number of halogens is 3. The van der Waals surface area contributed by atoms with Gasteiger partial charge in [0.1, 0.15) is 0 Å². The van der Waals surface area contributed by atoms with Crippen LogP contribution in [0.1, 0.15) is 5.69 Å². The Bertz CT molecular complexity index is 336. The summed E-state index contributed by atoms with van der Waals surface area (Å²) in [5, 5.41) is 6.54. The number of carbonyl (C=O) groups excluding carboxylic acids is 1. The van der Waals surface area contributed by atoms with Crippen molar-refractivity contribution in [2.75, 3.05) is 12.4 Å². The summed E-state index contributed by atoms with van der Waals surface area (Å²) in [5.74, 6) is 0. The van der Waals surface area contributed by atoms with Gasteiger partial charge in [0, 0.05) is 18.6 Å². The van der Waals surface area contributed by atoms with E-state index in [1.807, 2.05) is 5.32 Å². The Morgan fingerprint density at radius 1 is 1.50 bits per heavy atom. The maximum atomic E-state index is 12.2. The minimum absolute atomic E-state index is 0.420. The van der Waals surface area contributed by atoms with E-state index in [1.54, 1.807) is 0 Å². The first-order chi connectivity index (χ1) is 6.45. The van der Waals surface area contributed by atoms with E-state index in [9.17, 15) is 18.0 Å². The van der Waals surface area contributed by atoms with Crippen LogP contribution in [0.5, 0.6) is 0 Å². The average Bonchev–Trinajstić information content (AvgIpc) is 2.51. The smallest absolute Gasteiger partial charge is 0.341 e. The number of aromatic nitrogens is 2. The molecule has 1 rings (SSSR count). The summed E-state index contributed by atoms with van der Waals surface area (Å²) in [5.41, 5.74) is -1.19. The van der Waals surface area contributed by atoms with Crippen LogP contribution in [-0.4, -0.2) is 22.7 Å². The van der Waals surface area contributed by atoms with E-state index in [0.717, 1.165) is 0 Å². The average molecular weight is 226 g/mol. The Morgan fingerprint density at radius 2 is 2.14 bits per heavy atom. The molecule has 0 fully saturated rings. The van der Waals surface area contributed by atoms with Gasteiger partial charge in [-0.2, -0.15) is 13.2 Å². The highest BCUT2D eigenvalue weighted by atomic mass is 32.1. The van der Waals surface area contributed by atoms with Gasteiger partial charge in [0.25, 0.3) is 0 Å². The van der Waals surface area contributed by atoms with E-state index in [1.165, 1.54) is 7.05 Å². The Kier molecular flexibility index (Phi) is 2.89. The fourth-order valence-electron chi connectivity index (χ4n) is 0.624. The van der Waals surface area contributed by atoms with Crippen LogP contribution in [0.15, 0.2) is 0 Å². The third-order valence-corrected chi connectivity index (χ3v) is 1.85. The predicted octanol–water partition coefficient (Wildman–Crippen LogP) is 1.31. The first-order valence-corrected chi connectivity index (χ1v) is 4.10. The molecule has 1 aromatic heterocycles. The Morgan fingerprint density at radius 3 is 2.64 bits per heavy atom. The molecule has 0 bridgehead atoms. The van der Waals surface area contributed by atoms with Crippen molar-refractivity contribution >= 4 is 22.6 Å². The summed E-state index contributed by atoms with van der Waals surface area (Å²) in [6.45, 7) is 0. The molecule has 0 radical (unpaired) electrons. The summed E-state index contributed by atoms with van der Waals surface area (Å²) >= 11 is 0.467. The number of urea groups is 1. The highest BCUT2D eigenvalue weighted by molar-refractivity contribution is 7.10. The topological polar surface area (TPSA) is 66.9 Å². The van der Waals surface area contributed by atoms with Gasteiger partial charge in [0.15, 0.2) is 5.00 Å². The quantitative estimate of drug-likeness (QED) is 0.758. The molecule has 0 saturated carbocycles. The molecule has 0 spiro atoms. The highest BCUT2D eigenvalue weighted by Crippen LogP contribution is 2.34. The predicted molar refractivity (Wildman–Crippen MR) is 43.0 cm³/mol. The van der Waals surface area contributed by atoms with E-state index >= 15 is 0 Å². The van der Waals surface area contributed by atoms with Crippen LogP contribution in [0.3, 0.4) is 0 Å². The molecule has 2 N–H and O–H groups in total. The minimum Gasteiger partial charge on any atom is -0.341 e. The molecule has 1 aromatic rings. The molecule has 1 heterocycles. The number of carbonyl (C=O) groups is 1. The zero-order valence-electron chi connectivity index (χ0n) is 6.84. The van der Waals surface area contributed by atoms with Crippen molar-refractivity contribution in [1.29, 1.82) is 0 Å². The number of alkyl halides is 3. The summed E-state index contributed by atoms with van der Waals surface area (Å²) in [6.07, 6.45) is -4.61. The molecule has 78 valence electrons. The third-order valence-electron chi connectivity index (χ3n) is 1.21. The standard InChI is InChI=1S/C5H5F3N4OS/c1-9-4(13)10-3-2(5(6,7)8)11-12-14-3/h1H3,(H2,9,10,13). The maximum Gasteiger partial charge on any atom is 0.438 e. The minimum atomic E-state index is -4.61.